The fourth-order valence-electron chi connectivity index (χ4n) is 2.07. The second-order valence-corrected chi connectivity index (χ2v) is 6.47. The van der Waals surface area contributed by atoms with E-state index in [9.17, 15) is 9.59 Å². The summed E-state index contributed by atoms with van der Waals surface area (Å²) in [5.74, 6) is -1.00. The maximum atomic E-state index is 12.2. The summed E-state index contributed by atoms with van der Waals surface area (Å²) in [4.78, 5) is 28.7. The number of rotatable bonds is 4. The van der Waals surface area contributed by atoms with Crippen molar-refractivity contribution in [1.82, 2.24) is 4.98 Å². The summed E-state index contributed by atoms with van der Waals surface area (Å²) in [7, 11) is 0. The van der Waals surface area contributed by atoms with Gasteiger partial charge in [0.2, 0.25) is 0 Å². The van der Waals surface area contributed by atoms with Gasteiger partial charge in [-0.1, -0.05) is 29.8 Å². The first-order valence-electron chi connectivity index (χ1n) is 7.15. The van der Waals surface area contributed by atoms with Crippen LogP contribution in [0.1, 0.15) is 16.6 Å². The Kier molecular flexibility index (Phi) is 4.78. The molecule has 0 unspecified atom stereocenters. The molecule has 24 heavy (non-hydrogen) atoms. The molecule has 5 nitrogen and oxygen atoms in total. The van der Waals surface area contributed by atoms with E-state index in [-0.39, 0.29) is 5.15 Å². The Hall–Kier alpha value is -2.44. The molecule has 0 spiro atoms. The fraction of sp³-hybridized carbons (Fsp3) is 0.118. The van der Waals surface area contributed by atoms with Crippen LogP contribution in [0.25, 0.3) is 10.1 Å². The van der Waals surface area contributed by atoms with E-state index < -0.39 is 18.0 Å². The highest BCUT2D eigenvalue weighted by atomic mass is 35.5. The zero-order chi connectivity index (χ0) is 17.1. The number of pyridine rings is 1. The Morgan fingerprint density at radius 2 is 2.04 bits per heavy atom. The van der Waals surface area contributed by atoms with Crippen molar-refractivity contribution in [2.24, 2.45) is 0 Å². The van der Waals surface area contributed by atoms with Crippen molar-refractivity contribution < 1.29 is 14.3 Å². The second-order valence-electron chi connectivity index (χ2n) is 5.03. The lowest BCUT2D eigenvalue weighted by Crippen LogP contribution is -2.29. The van der Waals surface area contributed by atoms with Gasteiger partial charge >= 0.3 is 5.97 Å². The van der Waals surface area contributed by atoms with Crippen molar-refractivity contribution in [1.29, 1.82) is 0 Å². The second kappa shape index (κ2) is 6.98. The fourth-order valence-corrected chi connectivity index (χ4v) is 3.18. The molecule has 0 aliphatic heterocycles. The molecule has 0 aliphatic carbocycles. The van der Waals surface area contributed by atoms with Crippen LogP contribution >= 0.6 is 22.9 Å². The number of aromatic nitrogens is 1. The van der Waals surface area contributed by atoms with Crippen LogP contribution in [-0.2, 0) is 9.53 Å². The van der Waals surface area contributed by atoms with Crippen molar-refractivity contribution in [3.05, 3.63) is 58.7 Å². The van der Waals surface area contributed by atoms with Gasteiger partial charge in [-0.05, 0) is 36.6 Å². The van der Waals surface area contributed by atoms with Gasteiger partial charge in [0.25, 0.3) is 5.91 Å². The summed E-state index contributed by atoms with van der Waals surface area (Å²) in [6.45, 7) is 1.50. The predicted octanol–water partition coefficient (Wildman–Crippen LogP) is 4.13. The highest BCUT2D eigenvalue weighted by Crippen LogP contribution is 2.26. The number of thiophene rings is 1. The van der Waals surface area contributed by atoms with Gasteiger partial charge in [-0.25, -0.2) is 9.78 Å². The number of carbonyl (C=O) groups excluding carboxylic acids is 2. The van der Waals surface area contributed by atoms with E-state index in [1.165, 1.54) is 24.5 Å². The number of anilines is 1. The van der Waals surface area contributed by atoms with Crippen LogP contribution in [0.3, 0.4) is 0 Å². The molecule has 0 fully saturated rings. The smallest absolute Gasteiger partial charge is 0.349 e. The molecule has 1 N–H and O–H groups in total. The molecule has 3 aromatic rings. The molecule has 0 saturated carbocycles. The zero-order valence-electron chi connectivity index (χ0n) is 12.7. The number of esters is 1. The first kappa shape index (κ1) is 16.4. The van der Waals surface area contributed by atoms with E-state index in [1.54, 1.807) is 18.2 Å². The standard InChI is InChI=1S/C17H13ClN2O3S/c1-10(16(21)20-12-6-4-8-19-15(12)18)23-17(22)14-9-11-5-2-3-7-13(11)24-14/h2-10H,1H3,(H,20,21)/t10-/m0/s1. The third-order valence-corrected chi connectivity index (χ3v) is 4.69. The highest BCUT2D eigenvalue weighted by molar-refractivity contribution is 7.20. The van der Waals surface area contributed by atoms with E-state index in [1.807, 2.05) is 24.3 Å². The first-order valence-corrected chi connectivity index (χ1v) is 8.35. The number of halogens is 1. The monoisotopic (exact) mass is 360 g/mol. The molecule has 0 saturated heterocycles. The number of nitrogens with zero attached hydrogens (tertiary/aromatic N) is 1. The Morgan fingerprint density at radius 3 is 2.79 bits per heavy atom. The quantitative estimate of drug-likeness (QED) is 0.561. The average molecular weight is 361 g/mol. The van der Waals surface area contributed by atoms with Gasteiger partial charge in [-0.3, -0.25) is 4.79 Å². The molecule has 1 amide bonds. The van der Waals surface area contributed by atoms with E-state index in [0.717, 1.165) is 10.1 Å². The number of nitrogens with one attached hydrogen (secondary N) is 1. The molecule has 1 aromatic carbocycles. The molecule has 7 heteroatoms. The summed E-state index contributed by atoms with van der Waals surface area (Å²) < 4.78 is 6.23. The van der Waals surface area contributed by atoms with Gasteiger partial charge in [0.15, 0.2) is 11.3 Å². The van der Waals surface area contributed by atoms with Crippen LogP contribution in [0.2, 0.25) is 5.15 Å². The lowest BCUT2D eigenvalue weighted by atomic mass is 10.2. The molecular weight excluding hydrogens is 348 g/mol. The number of ether oxygens (including phenoxy) is 1. The van der Waals surface area contributed by atoms with E-state index in [2.05, 4.69) is 10.3 Å². The topological polar surface area (TPSA) is 68.3 Å². The zero-order valence-corrected chi connectivity index (χ0v) is 14.2. The van der Waals surface area contributed by atoms with Crippen molar-refractivity contribution in [3.63, 3.8) is 0 Å². The van der Waals surface area contributed by atoms with Crippen molar-refractivity contribution >= 4 is 50.6 Å². The number of benzene rings is 1. The Balaban J connectivity index is 1.67. The van der Waals surface area contributed by atoms with E-state index in [4.69, 9.17) is 16.3 Å². The maximum absolute atomic E-state index is 12.2. The van der Waals surface area contributed by atoms with E-state index >= 15 is 0 Å². The first-order chi connectivity index (χ1) is 11.5. The highest BCUT2D eigenvalue weighted by Gasteiger charge is 2.21. The van der Waals surface area contributed by atoms with Crippen LogP contribution in [0.15, 0.2) is 48.7 Å². The lowest BCUT2D eigenvalue weighted by molar-refractivity contribution is -0.123. The molecule has 122 valence electrons. The molecule has 0 bridgehead atoms. The Morgan fingerprint density at radius 1 is 1.25 bits per heavy atom. The van der Waals surface area contributed by atoms with Gasteiger partial charge in [-0.2, -0.15) is 0 Å². The van der Waals surface area contributed by atoms with Crippen LogP contribution in [-0.4, -0.2) is 23.0 Å². The normalized spacial score (nSPS) is 11.9. The molecule has 2 aromatic heterocycles. The molecule has 2 heterocycles. The summed E-state index contributed by atoms with van der Waals surface area (Å²) in [5, 5.41) is 3.73. The number of fused-ring (bicyclic) bond motifs is 1. The van der Waals surface area contributed by atoms with Gasteiger partial charge in [0.1, 0.15) is 4.88 Å². The molecule has 1 atom stereocenters. The molecule has 0 aliphatic rings. The van der Waals surface area contributed by atoms with Crippen molar-refractivity contribution in [2.75, 3.05) is 5.32 Å². The molecular formula is C17H13ClN2O3S. The summed E-state index contributed by atoms with van der Waals surface area (Å²) >= 11 is 7.22. The van der Waals surface area contributed by atoms with Crippen LogP contribution in [0.5, 0.6) is 0 Å². The van der Waals surface area contributed by atoms with Crippen molar-refractivity contribution in [3.8, 4) is 0 Å². The Bertz CT molecular complexity index is 876. The largest absolute Gasteiger partial charge is 0.448 e. The SMILES string of the molecule is C[C@H](OC(=O)c1cc2ccccc2s1)C(=O)Nc1cccnc1Cl. The third-order valence-electron chi connectivity index (χ3n) is 3.30. The maximum Gasteiger partial charge on any atom is 0.349 e. The Labute approximate surface area is 147 Å². The minimum atomic E-state index is -0.959. The summed E-state index contributed by atoms with van der Waals surface area (Å²) in [6.07, 6.45) is 0.557. The van der Waals surface area contributed by atoms with Crippen molar-refractivity contribution in [2.45, 2.75) is 13.0 Å². The molecule has 0 radical (unpaired) electrons. The predicted molar refractivity (Wildman–Crippen MR) is 94.6 cm³/mol. The van der Waals surface area contributed by atoms with Gasteiger partial charge in [0, 0.05) is 10.9 Å². The number of carbonyl (C=O) groups is 2. The van der Waals surface area contributed by atoms with Gasteiger partial charge < -0.3 is 10.1 Å². The number of hydrogen-bond donors (Lipinski definition) is 1. The van der Waals surface area contributed by atoms with Crippen LogP contribution in [0, 0.1) is 0 Å². The van der Waals surface area contributed by atoms with Gasteiger partial charge in [0.05, 0.1) is 5.69 Å². The molecule has 3 rings (SSSR count). The van der Waals surface area contributed by atoms with Crippen LogP contribution < -0.4 is 5.32 Å². The minimum absolute atomic E-state index is 0.175. The lowest BCUT2D eigenvalue weighted by Gasteiger charge is -2.13. The third kappa shape index (κ3) is 3.55. The summed E-state index contributed by atoms with van der Waals surface area (Å²) in [5.41, 5.74) is 0.369. The van der Waals surface area contributed by atoms with E-state index in [0.29, 0.717) is 10.6 Å². The van der Waals surface area contributed by atoms with Crippen LogP contribution in [0.4, 0.5) is 5.69 Å². The number of amides is 1. The van der Waals surface area contributed by atoms with Gasteiger partial charge in [-0.15, -0.1) is 11.3 Å². The number of hydrogen-bond acceptors (Lipinski definition) is 5. The minimum Gasteiger partial charge on any atom is -0.448 e. The average Bonchev–Trinajstić information content (AvgIpc) is 3.01. The summed E-state index contributed by atoms with van der Waals surface area (Å²) in [6, 6.07) is 12.7.